The minimum atomic E-state index is -3.72. The smallest absolute Gasteiger partial charge is 0.270 e. The molecule has 0 bridgehead atoms. The lowest BCUT2D eigenvalue weighted by molar-refractivity contribution is -0.385. The monoisotopic (exact) mass is 298 g/mol. The molecule has 20 heavy (non-hydrogen) atoms. The largest absolute Gasteiger partial charge is 0.305 e. The highest BCUT2D eigenvalue weighted by molar-refractivity contribution is 7.89. The van der Waals surface area contributed by atoms with Gasteiger partial charge in [0.05, 0.1) is 9.82 Å². The van der Waals surface area contributed by atoms with Crippen molar-refractivity contribution in [2.75, 3.05) is 33.2 Å². The van der Waals surface area contributed by atoms with Gasteiger partial charge in [-0.15, -0.1) is 0 Å². The van der Waals surface area contributed by atoms with Crippen LogP contribution in [0.25, 0.3) is 0 Å². The van der Waals surface area contributed by atoms with Crippen LogP contribution in [0.5, 0.6) is 0 Å². The zero-order valence-corrected chi connectivity index (χ0v) is 12.0. The molecule has 1 heterocycles. The van der Waals surface area contributed by atoms with E-state index in [0.29, 0.717) is 19.6 Å². The molecule has 0 spiro atoms. The predicted molar refractivity (Wildman–Crippen MR) is 72.8 cm³/mol. The standard InChI is InChI=1S/C12H16N3O4S/c1-13-6-3-7-14(9-8-13)20(18,19)12-5-2-4-11(10-12)15(16)17/h2,4,10H,3,6-9H2,1H3. The Morgan fingerprint density at radius 3 is 2.75 bits per heavy atom. The molecule has 1 fully saturated rings. The molecular formula is C12H16N3O4S. The van der Waals surface area contributed by atoms with Crippen LogP contribution in [0.15, 0.2) is 23.1 Å². The second-order valence-corrected chi connectivity index (χ2v) is 6.64. The zero-order chi connectivity index (χ0) is 14.8. The van der Waals surface area contributed by atoms with Gasteiger partial charge < -0.3 is 4.90 Å². The van der Waals surface area contributed by atoms with E-state index in [2.05, 4.69) is 11.0 Å². The first kappa shape index (κ1) is 14.9. The van der Waals surface area contributed by atoms with Crippen LogP contribution >= 0.6 is 0 Å². The average Bonchev–Trinajstić information content (AvgIpc) is 2.64. The van der Waals surface area contributed by atoms with E-state index in [-0.39, 0.29) is 10.6 Å². The van der Waals surface area contributed by atoms with Gasteiger partial charge >= 0.3 is 0 Å². The molecule has 0 unspecified atom stereocenters. The maximum Gasteiger partial charge on any atom is 0.270 e. The van der Waals surface area contributed by atoms with Gasteiger partial charge in [-0.3, -0.25) is 10.1 Å². The third kappa shape index (κ3) is 3.14. The first-order valence-electron chi connectivity index (χ1n) is 6.26. The van der Waals surface area contributed by atoms with Crippen molar-refractivity contribution in [2.45, 2.75) is 11.3 Å². The Morgan fingerprint density at radius 1 is 1.30 bits per heavy atom. The Kier molecular flexibility index (Phi) is 4.36. The molecule has 1 aromatic rings. The van der Waals surface area contributed by atoms with Crippen molar-refractivity contribution in [3.8, 4) is 0 Å². The molecule has 109 valence electrons. The van der Waals surface area contributed by atoms with Crippen LogP contribution in [-0.4, -0.2) is 55.8 Å². The number of sulfonamides is 1. The second-order valence-electron chi connectivity index (χ2n) is 4.73. The van der Waals surface area contributed by atoms with Gasteiger partial charge in [0.1, 0.15) is 0 Å². The van der Waals surface area contributed by atoms with Crippen LogP contribution in [0.1, 0.15) is 6.42 Å². The van der Waals surface area contributed by atoms with E-state index < -0.39 is 14.9 Å². The molecule has 0 N–H and O–H groups in total. The fourth-order valence-corrected chi connectivity index (χ4v) is 3.55. The summed E-state index contributed by atoms with van der Waals surface area (Å²) in [6.45, 7) is 2.29. The highest BCUT2D eigenvalue weighted by Crippen LogP contribution is 2.21. The van der Waals surface area contributed by atoms with E-state index >= 15 is 0 Å². The summed E-state index contributed by atoms with van der Waals surface area (Å²) in [4.78, 5) is 12.0. The number of hydrogen-bond donors (Lipinski definition) is 0. The first-order valence-corrected chi connectivity index (χ1v) is 7.70. The van der Waals surface area contributed by atoms with Crippen LogP contribution in [0, 0.1) is 16.2 Å². The maximum atomic E-state index is 12.5. The molecule has 0 saturated carbocycles. The van der Waals surface area contributed by atoms with Crippen LogP contribution in [0.3, 0.4) is 0 Å². The van der Waals surface area contributed by atoms with Crippen LogP contribution in [0.2, 0.25) is 0 Å². The van der Waals surface area contributed by atoms with Crippen LogP contribution < -0.4 is 0 Å². The summed E-state index contributed by atoms with van der Waals surface area (Å²) < 4.78 is 26.3. The molecule has 1 saturated heterocycles. The number of nitro benzene ring substituents is 1. The van der Waals surface area contributed by atoms with Gasteiger partial charge in [0.15, 0.2) is 0 Å². The van der Waals surface area contributed by atoms with Crippen molar-refractivity contribution in [1.82, 2.24) is 9.21 Å². The topological polar surface area (TPSA) is 83.8 Å². The van der Waals surface area contributed by atoms with Crippen molar-refractivity contribution in [2.24, 2.45) is 0 Å². The quantitative estimate of drug-likeness (QED) is 0.606. The summed E-state index contributed by atoms with van der Waals surface area (Å²) in [6, 6.07) is 6.15. The molecule has 7 nitrogen and oxygen atoms in total. The van der Waals surface area contributed by atoms with Crippen LogP contribution in [0.4, 0.5) is 5.69 Å². The van der Waals surface area contributed by atoms with Crippen molar-refractivity contribution in [3.05, 3.63) is 34.4 Å². The number of non-ortho nitro benzene ring substituents is 1. The van der Waals surface area contributed by atoms with Crippen molar-refractivity contribution in [3.63, 3.8) is 0 Å². The Morgan fingerprint density at radius 2 is 2.05 bits per heavy atom. The molecular weight excluding hydrogens is 282 g/mol. The van der Waals surface area contributed by atoms with Gasteiger partial charge in [-0.05, 0) is 26.1 Å². The van der Waals surface area contributed by atoms with Crippen LogP contribution in [-0.2, 0) is 10.0 Å². The summed E-state index contributed by atoms with van der Waals surface area (Å²) in [5.74, 6) is 0. The molecule has 0 atom stereocenters. The average molecular weight is 298 g/mol. The lowest BCUT2D eigenvalue weighted by Gasteiger charge is -2.19. The van der Waals surface area contributed by atoms with Gasteiger partial charge in [-0.25, -0.2) is 8.42 Å². The van der Waals surface area contributed by atoms with Gasteiger partial charge in [0, 0.05) is 37.8 Å². The number of nitro groups is 1. The number of benzene rings is 1. The van der Waals surface area contributed by atoms with Gasteiger partial charge in [-0.2, -0.15) is 4.31 Å². The Hall–Kier alpha value is -1.51. The summed E-state index contributed by atoms with van der Waals surface area (Å²) in [7, 11) is -1.78. The van der Waals surface area contributed by atoms with Gasteiger partial charge in [-0.1, -0.05) is 0 Å². The Balaban J connectivity index is 2.29. The molecule has 2 rings (SSSR count). The zero-order valence-electron chi connectivity index (χ0n) is 11.2. The van der Waals surface area contributed by atoms with Gasteiger partial charge in [0.2, 0.25) is 10.0 Å². The van der Waals surface area contributed by atoms with E-state index in [1.165, 1.54) is 16.4 Å². The molecule has 0 aromatic heterocycles. The maximum absolute atomic E-state index is 12.5. The number of likely N-dealkylation sites (N-methyl/N-ethyl adjacent to an activating group) is 1. The van der Waals surface area contributed by atoms with Gasteiger partial charge in [0.25, 0.3) is 5.69 Å². The Labute approximate surface area is 118 Å². The lowest BCUT2D eigenvalue weighted by Crippen LogP contribution is -2.34. The Bertz CT molecular complexity index is 602. The molecule has 1 aliphatic rings. The van der Waals surface area contributed by atoms with Crippen molar-refractivity contribution in [1.29, 1.82) is 0 Å². The molecule has 1 aromatic carbocycles. The fourth-order valence-electron chi connectivity index (χ4n) is 2.10. The highest BCUT2D eigenvalue weighted by atomic mass is 32.2. The third-order valence-corrected chi connectivity index (χ3v) is 5.10. The third-order valence-electron chi connectivity index (χ3n) is 3.27. The SMILES string of the molecule is CN1CCCN(S(=O)(=O)c2[c]ccc([N+](=O)[O-])c2)CC1. The molecule has 1 radical (unpaired) electrons. The predicted octanol–water partition coefficient (Wildman–Crippen LogP) is 0.721. The lowest BCUT2D eigenvalue weighted by atomic mass is 10.3. The molecule has 0 aliphatic carbocycles. The molecule has 1 aliphatic heterocycles. The highest BCUT2D eigenvalue weighted by Gasteiger charge is 2.27. The number of rotatable bonds is 3. The summed E-state index contributed by atoms with van der Waals surface area (Å²) in [5.41, 5.74) is -0.241. The van der Waals surface area contributed by atoms with E-state index in [1.54, 1.807) is 0 Å². The fraction of sp³-hybridized carbons (Fsp3) is 0.500. The normalized spacial score (nSPS) is 18.6. The van der Waals surface area contributed by atoms with Crippen molar-refractivity contribution < 1.29 is 13.3 Å². The second kappa shape index (κ2) is 5.86. The molecule has 0 amide bonds. The van der Waals surface area contributed by atoms with E-state index in [1.807, 2.05) is 7.05 Å². The first-order chi connectivity index (χ1) is 9.41. The minimum Gasteiger partial charge on any atom is -0.305 e. The number of hydrogen-bond acceptors (Lipinski definition) is 5. The summed E-state index contributed by atoms with van der Waals surface area (Å²) >= 11 is 0. The summed E-state index contributed by atoms with van der Waals surface area (Å²) in [5, 5.41) is 10.7. The van der Waals surface area contributed by atoms with Crippen molar-refractivity contribution >= 4 is 15.7 Å². The number of nitrogens with zero attached hydrogens (tertiary/aromatic N) is 3. The van der Waals surface area contributed by atoms with E-state index in [0.717, 1.165) is 19.0 Å². The summed E-state index contributed by atoms with van der Waals surface area (Å²) in [6.07, 6.45) is 0.741. The minimum absolute atomic E-state index is 0.142. The van der Waals surface area contributed by atoms with E-state index in [4.69, 9.17) is 0 Å². The van der Waals surface area contributed by atoms with E-state index in [9.17, 15) is 18.5 Å². The molecule has 8 heteroatoms.